The molecule has 1 aromatic heterocycles. The summed E-state index contributed by atoms with van der Waals surface area (Å²) in [5.41, 5.74) is 2.34. The van der Waals surface area contributed by atoms with Crippen LogP contribution in [0.25, 0.3) is 0 Å². The fraction of sp³-hybridized carbons (Fsp3) is 0.450. The summed E-state index contributed by atoms with van der Waals surface area (Å²) in [7, 11) is 1.69. The van der Waals surface area contributed by atoms with Gasteiger partial charge >= 0.3 is 0 Å². The second-order valence-corrected chi connectivity index (χ2v) is 6.21. The van der Waals surface area contributed by atoms with Crippen LogP contribution >= 0.6 is 0 Å². The fourth-order valence-electron chi connectivity index (χ4n) is 2.94. The normalized spacial score (nSPS) is 16.8. The summed E-state index contributed by atoms with van der Waals surface area (Å²) < 4.78 is 17.2. The average molecular weight is 342 g/mol. The molecule has 5 heteroatoms. The molecule has 0 radical (unpaired) electrons. The Hall–Kier alpha value is -2.11. The van der Waals surface area contributed by atoms with Crippen molar-refractivity contribution < 1.29 is 14.2 Å². The second kappa shape index (κ2) is 9.39. The summed E-state index contributed by atoms with van der Waals surface area (Å²) in [6, 6.07) is 10.1. The van der Waals surface area contributed by atoms with E-state index in [4.69, 9.17) is 14.2 Å². The second-order valence-electron chi connectivity index (χ2n) is 6.21. The van der Waals surface area contributed by atoms with Gasteiger partial charge in [0.1, 0.15) is 11.5 Å². The molecular formula is C20H26N2O3. The van der Waals surface area contributed by atoms with Crippen LogP contribution in [-0.4, -0.2) is 43.4 Å². The molecular weight excluding hydrogens is 316 g/mol. The van der Waals surface area contributed by atoms with Crippen LogP contribution in [0.2, 0.25) is 0 Å². The lowest BCUT2D eigenvalue weighted by molar-refractivity contribution is 0.0909. The van der Waals surface area contributed by atoms with Gasteiger partial charge < -0.3 is 14.2 Å². The minimum absolute atomic E-state index is 0.714. The summed E-state index contributed by atoms with van der Waals surface area (Å²) in [6.07, 6.45) is 5.75. The van der Waals surface area contributed by atoms with E-state index in [-0.39, 0.29) is 0 Å². The number of hydrogen-bond donors (Lipinski definition) is 0. The van der Waals surface area contributed by atoms with Gasteiger partial charge in [-0.15, -0.1) is 0 Å². The number of aromatic nitrogens is 1. The Balaban J connectivity index is 1.81. The summed E-state index contributed by atoms with van der Waals surface area (Å²) in [6.45, 7) is 4.72. The lowest BCUT2D eigenvalue weighted by atomic mass is 10.1. The highest BCUT2D eigenvalue weighted by molar-refractivity contribution is 5.40. The van der Waals surface area contributed by atoms with Crippen molar-refractivity contribution in [1.82, 2.24) is 9.88 Å². The number of benzene rings is 1. The Morgan fingerprint density at radius 2 is 2.08 bits per heavy atom. The molecule has 0 saturated carbocycles. The monoisotopic (exact) mass is 342 g/mol. The maximum Gasteiger partial charge on any atom is 0.124 e. The van der Waals surface area contributed by atoms with Gasteiger partial charge in [0.15, 0.2) is 0 Å². The summed E-state index contributed by atoms with van der Waals surface area (Å²) in [4.78, 5) is 6.58. The molecule has 1 aliphatic rings. The van der Waals surface area contributed by atoms with Gasteiger partial charge in [-0.3, -0.25) is 9.88 Å². The third kappa shape index (κ3) is 5.44. The Labute approximate surface area is 149 Å². The molecule has 0 bridgehead atoms. The van der Waals surface area contributed by atoms with Crippen LogP contribution in [0.5, 0.6) is 11.5 Å². The molecule has 0 saturated heterocycles. The third-order valence-electron chi connectivity index (χ3n) is 4.28. The molecule has 25 heavy (non-hydrogen) atoms. The summed E-state index contributed by atoms with van der Waals surface area (Å²) in [5.74, 6) is 1.80. The molecule has 2 heterocycles. The molecule has 0 aliphatic carbocycles. The number of hydrogen-bond acceptors (Lipinski definition) is 5. The van der Waals surface area contributed by atoms with Crippen molar-refractivity contribution in [3.8, 4) is 11.5 Å². The van der Waals surface area contributed by atoms with Crippen molar-refractivity contribution in [3.05, 3.63) is 53.9 Å². The Kier molecular flexibility index (Phi) is 6.65. The van der Waals surface area contributed by atoms with Crippen molar-refractivity contribution in [1.29, 1.82) is 0 Å². The Morgan fingerprint density at radius 3 is 2.92 bits per heavy atom. The van der Waals surface area contributed by atoms with E-state index >= 15 is 0 Å². The first-order valence-corrected chi connectivity index (χ1v) is 8.84. The van der Waals surface area contributed by atoms with Crippen LogP contribution < -0.4 is 9.47 Å². The molecule has 0 atom stereocenters. The molecule has 1 aromatic carbocycles. The van der Waals surface area contributed by atoms with E-state index < -0.39 is 0 Å². The van der Waals surface area contributed by atoms with Gasteiger partial charge in [0.2, 0.25) is 0 Å². The minimum atomic E-state index is 0.714. The first kappa shape index (κ1) is 17.7. The van der Waals surface area contributed by atoms with Gasteiger partial charge in [0.25, 0.3) is 0 Å². The maximum absolute atomic E-state index is 6.01. The van der Waals surface area contributed by atoms with Crippen molar-refractivity contribution in [2.45, 2.75) is 25.9 Å². The van der Waals surface area contributed by atoms with E-state index in [0.717, 1.165) is 62.8 Å². The van der Waals surface area contributed by atoms with Gasteiger partial charge in [-0.1, -0.05) is 6.07 Å². The van der Waals surface area contributed by atoms with Gasteiger partial charge in [0.05, 0.1) is 20.3 Å². The van der Waals surface area contributed by atoms with E-state index in [2.05, 4.69) is 22.0 Å². The van der Waals surface area contributed by atoms with Crippen LogP contribution in [0, 0.1) is 0 Å². The van der Waals surface area contributed by atoms with E-state index in [1.165, 1.54) is 5.56 Å². The van der Waals surface area contributed by atoms with Crippen LogP contribution in [0.4, 0.5) is 0 Å². The standard InChI is InChI=1S/C20H26N2O3/c1-23-19-6-7-20-18(13-19)16-22(15-17-5-4-8-21-14-17)9-12-24-10-2-3-11-25-20/h4-8,13-14H,2-3,9-12,15-16H2,1H3. The van der Waals surface area contributed by atoms with Gasteiger partial charge in [0, 0.05) is 44.2 Å². The Morgan fingerprint density at radius 1 is 1.16 bits per heavy atom. The number of ether oxygens (including phenoxy) is 3. The van der Waals surface area contributed by atoms with Crippen molar-refractivity contribution >= 4 is 0 Å². The average Bonchev–Trinajstić information content (AvgIpc) is 2.64. The van der Waals surface area contributed by atoms with Gasteiger partial charge in [-0.2, -0.15) is 0 Å². The van der Waals surface area contributed by atoms with Crippen molar-refractivity contribution in [3.63, 3.8) is 0 Å². The molecule has 134 valence electrons. The quantitative estimate of drug-likeness (QED) is 0.856. The number of methoxy groups -OCH3 is 1. The first-order chi connectivity index (χ1) is 12.3. The van der Waals surface area contributed by atoms with Crippen LogP contribution in [0.3, 0.4) is 0 Å². The molecule has 0 amide bonds. The van der Waals surface area contributed by atoms with Crippen LogP contribution in [0.15, 0.2) is 42.7 Å². The van der Waals surface area contributed by atoms with E-state index in [1.54, 1.807) is 13.3 Å². The predicted octanol–water partition coefficient (Wildman–Crippen LogP) is 3.28. The highest BCUT2D eigenvalue weighted by Gasteiger charge is 2.13. The highest BCUT2D eigenvalue weighted by atomic mass is 16.5. The topological polar surface area (TPSA) is 43.8 Å². The zero-order valence-corrected chi connectivity index (χ0v) is 14.8. The number of fused-ring (bicyclic) bond motifs is 1. The summed E-state index contributed by atoms with van der Waals surface area (Å²) in [5, 5.41) is 0. The maximum atomic E-state index is 6.01. The van der Waals surface area contributed by atoms with Gasteiger partial charge in [-0.05, 0) is 42.7 Å². The molecule has 0 unspecified atom stereocenters. The van der Waals surface area contributed by atoms with Crippen molar-refractivity contribution in [2.75, 3.05) is 33.5 Å². The molecule has 5 nitrogen and oxygen atoms in total. The van der Waals surface area contributed by atoms with Gasteiger partial charge in [-0.25, -0.2) is 0 Å². The lowest BCUT2D eigenvalue weighted by Crippen LogP contribution is -2.27. The van der Waals surface area contributed by atoms with E-state index in [9.17, 15) is 0 Å². The van der Waals surface area contributed by atoms with Crippen molar-refractivity contribution in [2.24, 2.45) is 0 Å². The SMILES string of the molecule is COc1ccc2c(c1)CN(Cc1cccnc1)CCOCCCCO2. The molecule has 1 aliphatic heterocycles. The molecule has 2 aromatic rings. The molecule has 3 rings (SSSR count). The minimum Gasteiger partial charge on any atom is -0.497 e. The van der Waals surface area contributed by atoms with Crippen LogP contribution in [-0.2, 0) is 17.8 Å². The fourth-order valence-corrected chi connectivity index (χ4v) is 2.94. The molecule has 0 fully saturated rings. The predicted molar refractivity (Wildman–Crippen MR) is 96.9 cm³/mol. The largest absolute Gasteiger partial charge is 0.497 e. The number of rotatable bonds is 3. The highest BCUT2D eigenvalue weighted by Crippen LogP contribution is 2.26. The summed E-state index contributed by atoms with van der Waals surface area (Å²) >= 11 is 0. The first-order valence-electron chi connectivity index (χ1n) is 8.84. The number of nitrogens with zero attached hydrogens (tertiary/aromatic N) is 2. The zero-order valence-electron chi connectivity index (χ0n) is 14.8. The van der Waals surface area contributed by atoms with E-state index in [1.807, 2.05) is 24.4 Å². The third-order valence-corrected chi connectivity index (χ3v) is 4.28. The molecule has 0 N–H and O–H groups in total. The van der Waals surface area contributed by atoms with E-state index in [0.29, 0.717) is 6.61 Å². The lowest BCUT2D eigenvalue weighted by Gasteiger charge is -2.24. The number of pyridine rings is 1. The Bertz CT molecular complexity index is 649. The van der Waals surface area contributed by atoms with Crippen LogP contribution in [0.1, 0.15) is 24.0 Å². The zero-order chi connectivity index (χ0) is 17.3. The smallest absolute Gasteiger partial charge is 0.124 e. The molecule has 0 spiro atoms.